The van der Waals surface area contributed by atoms with Crippen LogP contribution in [0.4, 0.5) is 0 Å². The van der Waals surface area contributed by atoms with E-state index in [2.05, 4.69) is 25.5 Å². The van der Waals surface area contributed by atoms with Crippen LogP contribution in [0.2, 0.25) is 0 Å². The van der Waals surface area contributed by atoms with Crippen LogP contribution in [0.5, 0.6) is 0 Å². The zero-order chi connectivity index (χ0) is 23.9. The Morgan fingerprint density at radius 2 is 1.82 bits per heavy atom. The van der Waals surface area contributed by atoms with Gasteiger partial charge in [-0.3, -0.25) is 4.79 Å². The number of nitrogens with zero attached hydrogens (tertiary/aromatic N) is 1. The monoisotopic (exact) mass is 470 g/mol. The summed E-state index contributed by atoms with van der Waals surface area (Å²) in [5.74, 6) is -0.523. The quantitative estimate of drug-likeness (QED) is 0.677. The maximum absolute atomic E-state index is 12.9. The molecule has 1 N–H and O–H groups in total. The molecule has 2 aliphatic rings. The van der Waals surface area contributed by atoms with Gasteiger partial charge in [0.25, 0.3) is 0 Å². The van der Waals surface area contributed by atoms with Gasteiger partial charge < -0.3 is 9.64 Å². The van der Waals surface area contributed by atoms with Gasteiger partial charge in [-0.2, -0.15) is 0 Å². The average molecular weight is 471 g/mol. The number of piperidine rings is 1. The van der Waals surface area contributed by atoms with Crippen molar-refractivity contribution < 1.29 is 22.7 Å². The summed E-state index contributed by atoms with van der Waals surface area (Å²) >= 11 is 0. The molecule has 33 heavy (non-hydrogen) atoms. The van der Waals surface area contributed by atoms with E-state index in [-0.39, 0.29) is 41.7 Å². The number of carbonyl (C=O) groups excluding carboxylic acids is 2. The first-order valence-electron chi connectivity index (χ1n) is 11.2. The van der Waals surface area contributed by atoms with E-state index in [9.17, 15) is 18.0 Å². The van der Waals surface area contributed by atoms with E-state index < -0.39 is 15.6 Å². The molecule has 1 fully saturated rings. The molecule has 176 valence electrons. The first-order valence-corrected chi connectivity index (χ1v) is 12.7. The van der Waals surface area contributed by atoms with Gasteiger partial charge >= 0.3 is 5.97 Å². The summed E-state index contributed by atoms with van der Waals surface area (Å²) < 4.78 is 33.5. The first kappa shape index (κ1) is 23.4. The highest BCUT2D eigenvalue weighted by molar-refractivity contribution is 7.89. The number of esters is 1. The summed E-state index contributed by atoms with van der Waals surface area (Å²) in [5, 5.41) is 0. The summed E-state index contributed by atoms with van der Waals surface area (Å²) in [6.07, 6.45) is 1.40. The second-order valence-electron chi connectivity index (χ2n) is 9.77. The van der Waals surface area contributed by atoms with Crippen LogP contribution in [0.1, 0.15) is 61.5 Å². The van der Waals surface area contributed by atoms with Gasteiger partial charge in [-0.25, -0.2) is 17.9 Å². The molecule has 0 saturated carbocycles. The maximum Gasteiger partial charge on any atom is 0.339 e. The molecule has 1 unspecified atom stereocenters. The standard InChI is InChI=1S/C25H30N2O5S/c1-24(2,3)18-9-11-19(12-10-18)33(30,31)26-15-13-22(28)27-16-6-14-25(17-27)21-8-5-4-7-20(21)23(29)32-25/h4-5,7-12,26H,6,13-17H2,1-3H3. The van der Waals surface area contributed by atoms with Gasteiger partial charge in [0.15, 0.2) is 5.60 Å². The summed E-state index contributed by atoms with van der Waals surface area (Å²) in [6.45, 7) is 7.04. The van der Waals surface area contributed by atoms with E-state index in [0.717, 1.165) is 11.1 Å². The Bertz CT molecular complexity index is 1170. The van der Waals surface area contributed by atoms with Crippen LogP contribution in [-0.4, -0.2) is 44.8 Å². The number of hydrogen-bond acceptors (Lipinski definition) is 5. The number of amides is 1. The fourth-order valence-corrected chi connectivity index (χ4v) is 5.58. The Morgan fingerprint density at radius 3 is 2.52 bits per heavy atom. The van der Waals surface area contributed by atoms with Crippen LogP contribution in [-0.2, 0) is 30.6 Å². The van der Waals surface area contributed by atoms with E-state index in [1.807, 2.05) is 24.3 Å². The highest BCUT2D eigenvalue weighted by atomic mass is 32.2. The molecular formula is C25H30N2O5S. The van der Waals surface area contributed by atoms with Gasteiger partial charge in [0.05, 0.1) is 17.0 Å². The van der Waals surface area contributed by atoms with E-state index >= 15 is 0 Å². The zero-order valence-corrected chi connectivity index (χ0v) is 20.1. The number of likely N-dealkylation sites (tertiary alicyclic amines) is 1. The van der Waals surface area contributed by atoms with Crippen LogP contribution in [0, 0.1) is 0 Å². The molecule has 2 aromatic rings. The lowest BCUT2D eigenvalue weighted by molar-refractivity contribution is -0.138. The molecule has 1 saturated heterocycles. The number of sulfonamides is 1. The molecule has 0 aromatic heterocycles. The lowest BCUT2D eigenvalue weighted by Gasteiger charge is -2.39. The zero-order valence-electron chi connectivity index (χ0n) is 19.3. The Kier molecular flexibility index (Phi) is 6.09. The van der Waals surface area contributed by atoms with Gasteiger partial charge in [-0.15, -0.1) is 0 Å². The van der Waals surface area contributed by atoms with Crippen molar-refractivity contribution >= 4 is 21.9 Å². The van der Waals surface area contributed by atoms with Crippen LogP contribution >= 0.6 is 0 Å². The molecule has 2 aromatic carbocycles. The Balaban J connectivity index is 1.37. The predicted octanol–water partition coefficient (Wildman–Crippen LogP) is 3.34. The molecule has 8 heteroatoms. The van der Waals surface area contributed by atoms with Gasteiger partial charge in [-0.05, 0) is 42.0 Å². The molecule has 1 atom stereocenters. The van der Waals surface area contributed by atoms with Gasteiger partial charge in [0.2, 0.25) is 15.9 Å². The SMILES string of the molecule is CC(C)(C)c1ccc(S(=O)(=O)NCCC(=O)N2CCCC3(C2)OC(=O)c2ccccc23)cc1. The van der Waals surface area contributed by atoms with Crippen LogP contribution in [0.15, 0.2) is 53.4 Å². The summed E-state index contributed by atoms with van der Waals surface area (Å²) in [7, 11) is -3.71. The fraction of sp³-hybridized carbons (Fsp3) is 0.440. The highest BCUT2D eigenvalue weighted by Gasteiger charge is 2.48. The van der Waals surface area contributed by atoms with Crippen LogP contribution in [0.25, 0.3) is 0 Å². The Labute approximate surface area is 195 Å². The second-order valence-corrected chi connectivity index (χ2v) is 11.5. The van der Waals surface area contributed by atoms with E-state index in [0.29, 0.717) is 24.9 Å². The Morgan fingerprint density at radius 1 is 1.12 bits per heavy atom. The minimum absolute atomic E-state index is 0.00205. The molecule has 2 heterocycles. The molecule has 7 nitrogen and oxygen atoms in total. The number of fused-ring (bicyclic) bond motifs is 2. The third kappa shape index (κ3) is 4.68. The van der Waals surface area contributed by atoms with Crippen molar-refractivity contribution in [3.05, 3.63) is 65.2 Å². The van der Waals surface area contributed by atoms with E-state index in [4.69, 9.17) is 4.74 Å². The van der Waals surface area contributed by atoms with Crippen molar-refractivity contribution in [2.45, 2.75) is 55.9 Å². The largest absolute Gasteiger partial charge is 0.449 e. The Hall–Kier alpha value is -2.71. The number of rotatable bonds is 5. The van der Waals surface area contributed by atoms with E-state index in [1.54, 1.807) is 29.2 Å². The molecule has 0 radical (unpaired) electrons. The van der Waals surface area contributed by atoms with Crippen molar-refractivity contribution in [2.24, 2.45) is 0 Å². The van der Waals surface area contributed by atoms with Crippen LogP contribution in [0.3, 0.4) is 0 Å². The molecule has 4 rings (SSSR count). The number of ether oxygens (including phenoxy) is 1. The third-order valence-electron chi connectivity index (χ3n) is 6.40. The van der Waals surface area contributed by atoms with Gasteiger partial charge in [0.1, 0.15) is 0 Å². The number of nitrogens with one attached hydrogen (secondary N) is 1. The molecule has 0 bridgehead atoms. The van der Waals surface area contributed by atoms with Crippen molar-refractivity contribution in [1.82, 2.24) is 9.62 Å². The molecular weight excluding hydrogens is 440 g/mol. The summed E-state index contributed by atoms with van der Waals surface area (Å²) in [6, 6.07) is 14.1. The minimum atomic E-state index is -3.71. The normalized spacial score (nSPS) is 20.6. The van der Waals surface area contributed by atoms with Crippen molar-refractivity contribution in [3.8, 4) is 0 Å². The summed E-state index contributed by atoms with van der Waals surface area (Å²) in [4.78, 5) is 27.0. The molecule has 1 amide bonds. The van der Waals surface area contributed by atoms with Crippen molar-refractivity contribution in [3.63, 3.8) is 0 Å². The van der Waals surface area contributed by atoms with Gasteiger partial charge in [-0.1, -0.05) is 51.1 Å². The number of hydrogen-bond donors (Lipinski definition) is 1. The van der Waals surface area contributed by atoms with Crippen molar-refractivity contribution in [2.75, 3.05) is 19.6 Å². The molecule has 2 aliphatic heterocycles. The second kappa shape index (κ2) is 8.57. The minimum Gasteiger partial charge on any atom is -0.449 e. The fourth-order valence-electron chi connectivity index (χ4n) is 4.55. The van der Waals surface area contributed by atoms with Crippen molar-refractivity contribution in [1.29, 1.82) is 0 Å². The molecule has 0 aliphatic carbocycles. The topological polar surface area (TPSA) is 92.8 Å². The summed E-state index contributed by atoms with van der Waals surface area (Å²) in [5.41, 5.74) is 1.55. The lowest BCUT2D eigenvalue weighted by Crippen LogP contribution is -2.49. The third-order valence-corrected chi connectivity index (χ3v) is 7.87. The lowest BCUT2D eigenvalue weighted by atomic mass is 9.85. The number of carbonyl (C=O) groups is 2. The van der Waals surface area contributed by atoms with Gasteiger partial charge in [0, 0.05) is 25.1 Å². The predicted molar refractivity (Wildman–Crippen MR) is 124 cm³/mol. The average Bonchev–Trinajstić information content (AvgIpc) is 3.04. The molecule has 1 spiro atoms. The van der Waals surface area contributed by atoms with E-state index in [1.165, 1.54) is 0 Å². The maximum atomic E-state index is 12.9. The smallest absolute Gasteiger partial charge is 0.339 e. The number of benzene rings is 2. The highest BCUT2D eigenvalue weighted by Crippen LogP contribution is 2.42. The van der Waals surface area contributed by atoms with Crippen LogP contribution < -0.4 is 4.72 Å². The first-order chi connectivity index (χ1) is 15.5.